The fraction of sp³-hybridized carbons (Fsp3) is 0.273. The van der Waals surface area contributed by atoms with E-state index in [9.17, 15) is 9.59 Å². The molecule has 0 spiro atoms. The SMILES string of the molecule is O=C(O)CCNC1OC(=O)c2ccccc21. The van der Waals surface area contributed by atoms with E-state index in [1.54, 1.807) is 18.2 Å². The molecule has 84 valence electrons. The molecule has 16 heavy (non-hydrogen) atoms. The van der Waals surface area contributed by atoms with Crippen molar-refractivity contribution < 1.29 is 19.4 Å². The number of ether oxygens (including phenoxy) is 1. The maximum absolute atomic E-state index is 11.4. The molecule has 0 saturated heterocycles. The third-order valence-electron chi connectivity index (χ3n) is 2.36. The fourth-order valence-electron chi connectivity index (χ4n) is 1.61. The first-order chi connectivity index (χ1) is 7.68. The Kier molecular flexibility index (Phi) is 2.87. The molecule has 0 aliphatic carbocycles. The summed E-state index contributed by atoms with van der Waals surface area (Å²) in [7, 11) is 0. The molecule has 1 aliphatic heterocycles. The van der Waals surface area contributed by atoms with Crippen LogP contribution in [0.4, 0.5) is 0 Å². The van der Waals surface area contributed by atoms with E-state index in [2.05, 4.69) is 5.32 Å². The van der Waals surface area contributed by atoms with Gasteiger partial charge < -0.3 is 9.84 Å². The van der Waals surface area contributed by atoms with Gasteiger partial charge in [0, 0.05) is 12.1 Å². The van der Waals surface area contributed by atoms with E-state index in [4.69, 9.17) is 9.84 Å². The Hall–Kier alpha value is -1.88. The maximum Gasteiger partial charge on any atom is 0.340 e. The average molecular weight is 221 g/mol. The number of cyclic esters (lactones) is 1. The van der Waals surface area contributed by atoms with Gasteiger partial charge in [0.15, 0.2) is 6.23 Å². The van der Waals surface area contributed by atoms with Crippen LogP contribution < -0.4 is 5.32 Å². The molecule has 2 N–H and O–H groups in total. The summed E-state index contributed by atoms with van der Waals surface area (Å²) in [4.78, 5) is 21.7. The Morgan fingerprint density at radius 1 is 1.44 bits per heavy atom. The lowest BCUT2D eigenvalue weighted by molar-refractivity contribution is -0.136. The van der Waals surface area contributed by atoms with Crippen LogP contribution in [0.2, 0.25) is 0 Å². The van der Waals surface area contributed by atoms with Crippen LogP contribution in [0.3, 0.4) is 0 Å². The monoisotopic (exact) mass is 221 g/mol. The van der Waals surface area contributed by atoms with E-state index in [1.165, 1.54) is 0 Å². The number of hydrogen-bond acceptors (Lipinski definition) is 4. The highest BCUT2D eigenvalue weighted by Gasteiger charge is 2.29. The van der Waals surface area contributed by atoms with E-state index in [1.807, 2.05) is 6.07 Å². The predicted octanol–water partition coefficient (Wildman–Crippen LogP) is 0.920. The standard InChI is InChI=1S/C11H11NO4/c13-9(14)5-6-12-10-7-3-1-2-4-8(7)11(15)16-10/h1-4,10,12H,5-6H2,(H,13,14). The van der Waals surface area contributed by atoms with Crippen LogP contribution in [0, 0.1) is 0 Å². The van der Waals surface area contributed by atoms with Crippen molar-refractivity contribution in [3.63, 3.8) is 0 Å². The second kappa shape index (κ2) is 4.32. The second-order valence-corrected chi connectivity index (χ2v) is 3.47. The van der Waals surface area contributed by atoms with Crippen molar-refractivity contribution in [3.8, 4) is 0 Å². The van der Waals surface area contributed by atoms with Crippen molar-refractivity contribution in [1.82, 2.24) is 5.32 Å². The van der Waals surface area contributed by atoms with Gasteiger partial charge in [0.1, 0.15) is 0 Å². The first-order valence-electron chi connectivity index (χ1n) is 4.93. The zero-order valence-corrected chi connectivity index (χ0v) is 8.47. The molecule has 0 aromatic heterocycles. The lowest BCUT2D eigenvalue weighted by Gasteiger charge is -2.11. The zero-order valence-electron chi connectivity index (χ0n) is 8.47. The average Bonchev–Trinajstić information content (AvgIpc) is 2.57. The summed E-state index contributed by atoms with van der Waals surface area (Å²) in [6, 6.07) is 7.06. The molecule has 0 saturated carbocycles. The third kappa shape index (κ3) is 2.04. The number of benzene rings is 1. The number of carbonyl (C=O) groups is 2. The summed E-state index contributed by atoms with van der Waals surface area (Å²) in [5, 5.41) is 11.4. The van der Waals surface area contributed by atoms with Gasteiger partial charge in [-0.1, -0.05) is 18.2 Å². The first-order valence-corrected chi connectivity index (χ1v) is 4.93. The Balaban J connectivity index is 2.03. The van der Waals surface area contributed by atoms with Gasteiger partial charge in [-0.15, -0.1) is 0 Å². The first kappa shape index (κ1) is 10.6. The van der Waals surface area contributed by atoms with Crippen molar-refractivity contribution in [1.29, 1.82) is 0 Å². The van der Waals surface area contributed by atoms with Gasteiger partial charge >= 0.3 is 11.9 Å². The number of fused-ring (bicyclic) bond motifs is 1. The molecule has 2 rings (SSSR count). The minimum atomic E-state index is -0.884. The topological polar surface area (TPSA) is 75.6 Å². The van der Waals surface area contributed by atoms with Crippen LogP contribution in [-0.4, -0.2) is 23.6 Å². The number of aliphatic carboxylic acids is 1. The number of carboxylic acid groups (broad SMARTS) is 1. The van der Waals surface area contributed by atoms with Crippen LogP contribution in [0.25, 0.3) is 0 Å². The van der Waals surface area contributed by atoms with Crippen LogP contribution in [0.15, 0.2) is 24.3 Å². The Bertz CT molecular complexity index is 430. The summed E-state index contributed by atoms with van der Waals surface area (Å²) in [5.41, 5.74) is 1.30. The minimum Gasteiger partial charge on any atom is -0.481 e. The zero-order chi connectivity index (χ0) is 11.5. The molecule has 5 nitrogen and oxygen atoms in total. The normalized spacial score (nSPS) is 18.0. The molecule has 1 aliphatic rings. The van der Waals surface area contributed by atoms with E-state index in [0.717, 1.165) is 5.56 Å². The maximum atomic E-state index is 11.4. The lowest BCUT2D eigenvalue weighted by atomic mass is 10.1. The molecular weight excluding hydrogens is 210 g/mol. The van der Waals surface area contributed by atoms with Crippen molar-refractivity contribution in [3.05, 3.63) is 35.4 Å². The molecule has 5 heteroatoms. The van der Waals surface area contributed by atoms with Crippen molar-refractivity contribution in [2.45, 2.75) is 12.6 Å². The number of esters is 1. The van der Waals surface area contributed by atoms with Gasteiger partial charge in [0.2, 0.25) is 0 Å². The minimum absolute atomic E-state index is 0.00375. The van der Waals surface area contributed by atoms with Crippen LogP contribution in [-0.2, 0) is 9.53 Å². The molecular formula is C11H11NO4. The van der Waals surface area contributed by atoms with Crippen LogP contribution in [0.1, 0.15) is 28.6 Å². The molecule has 1 aromatic rings. The highest BCUT2D eigenvalue weighted by Crippen LogP contribution is 2.27. The summed E-state index contributed by atoms with van der Waals surface area (Å²) in [5.74, 6) is -1.26. The number of rotatable bonds is 4. The number of carboxylic acids is 1. The molecule has 0 amide bonds. The largest absolute Gasteiger partial charge is 0.481 e. The van der Waals surface area contributed by atoms with E-state index in [-0.39, 0.29) is 18.9 Å². The van der Waals surface area contributed by atoms with Crippen LogP contribution >= 0.6 is 0 Å². The van der Waals surface area contributed by atoms with Crippen molar-refractivity contribution in [2.75, 3.05) is 6.54 Å². The molecule has 0 radical (unpaired) electrons. The highest BCUT2D eigenvalue weighted by atomic mass is 16.6. The predicted molar refractivity (Wildman–Crippen MR) is 54.9 cm³/mol. The third-order valence-corrected chi connectivity index (χ3v) is 2.36. The number of nitrogens with one attached hydrogen (secondary N) is 1. The fourth-order valence-corrected chi connectivity index (χ4v) is 1.61. The molecule has 1 aromatic carbocycles. The summed E-state index contributed by atoms with van der Waals surface area (Å²) in [6.07, 6.45) is -0.529. The van der Waals surface area contributed by atoms with E-state index < -0.39 is 12.2 Å². The quantitative estimate of drug-likeness (QED) is 0.739. The Morgan fingerprint density at radius 3 is 2.94 bits per heavy atom. The Labute approximate surface area is 92.0 Å². The number of carbonyl (C=O) groups excluding carboxylic acids is 1. The van der Waals surface area contributed by atoms with E-state index in [0.29, 0.717) is 5.56 Å². The van der Waals surface area contributed by atoms with Gasteiger partial charge in [-0.05, 0) is 6.07 Å². The van der Waals surface area contributed by atoms with Gasteiger partial charge in [-0.3, -0.25) is 10.1 Å². The van der Waals surface area contributed by atoms with Gasteiger partial charge in [-0.2, -0.15) is 0 Å². The number of hydrogen-bond donors (Lipinski definition) is 2. The molecule has 1 heterocycles. The van der Waals surface area contributed by atoms with Gasteiger partial charge in [0.05, 0.1) is 12.0 Å². The highest BCUT2D eigenvalue weighted by molar-refractivity contribution is 5.93. The smallest absolute Gasteiger partial charge is 0.340 e. The van der Waals surface area contributed by atoms with Crippen LogP contribution in [0.5, 0.6) is 0 Å². The molecule has 0 bridgehead atoms. The Morgan fingerprint density at radius 2 is 2.19 bits per heavy atom. The van der Waals surface area contributed by atoms with Crippen molar-refractivity contribution >= 4 is 11.9 Å². The van der Waals surface area contributed by atoms with E-state index >= 15 is 0 Å². The summed E-state index contributed by atoms with van der Waals surface area (Å²) >= 11 is 0. The molecule has 1 unspecified atom stereocenters. The van der Waals surface area contributed by atoms with Gasteiger partial charge in [-0.25, -0.2) is 4.79 Å². The summed E-state index contributed by atoms with van der Waals surface area (Å²) in [6.45, 7) is 0.265. The van der Waals surface area contributed by atoms with Crippen molar-refractivity contribution in [2.24, 2.45) is 0 Å². The second-order valence-electron chi connectivity index (χ2n) is 3.47. The summed E-state index contributed by atoms with van der Waals surface area (Å²) < 4.78 is 5.07. The lowest BCUT2D eigenvalue weighted by Crippen LogP contribution is -2.24. The molecule has 0 fully saturated rings. The molecule has 1 atom stereocenters. The van der Waals surface area contributed by atoms with Gasteiger partial charge in [0.25, 0.3) is 0 Å².